The molecule has 158 valence electrons. The lowest BCUT2D eigenvalue weighted by molar-refractivity contribution is 0.334. The second-order valence-electron chi connectivity index (χ2n) is 6.94. The van der Waals surface area contributed by atoms with E-state index in [0.717, 1.165) is 11.6 Å². The molecule has 3 aromatic rings. The number of halogens is 1. The first-order valence-corrected chi connectivity index (χ1v) is 10.5. The number of hydrogen-bond donors (Lipinski definition) is 2. The predicted molar refractivity (Wildman–Crippen MR) is 120 cm³/mol. The van der Waals surface area contributed by atoms with Crippen molar-refractivity contribution in [2.24, 2.45) is 0 Å². The number of alkyl halides is 1. The number of hydrogen-bond acceptors (Lipinski definition) is 6. The van der Waals surface area contributed by atoms with Crippen LogP contribution in [0.1, 0.15) is 19.4 Å². The second-order valence-corrected chi connectivity index (χ2v) is 7.73. The van der Waals surface area contributed by atoms with Gasteiger partial charge >= 0.3 is 0 Å². The third-order valence-electron chi connectivity index (χ3n) is 4.57. The summed E-state index contributed by atoms with van der Waals surface area (Å²) < 4.78 is 17.0. The fourth-order valence-corrected chi connectivity index (χ4v) is 3.24. The van der Waals surface area contributed by atoms with Crippen molar-refractivity contribution in [2.75, 3.05) is 19.0 Å². The molecule has 0 amide bonds. The Hall–Kier alpha value is -2.93. The van der Waals surface area contributed by atoms with E-state index in [2.05, 4.69) is 15.9 Å². The summed E-state index contributed by atoms with van der Waals surface area (Å²) in [5.41, 5.74) is 1.70. The van der Waals surface area contributed by atoms with Crippen LogP contribution in [0.15, 0.2) is 51.2 Å². The van der Waals surface area contributed by atoms with Gasteiger partial charge in [-0.05, 0) is 44.5 Å². The van der Waals surface area contributed by atoms with Crippen LogP contribution in [0.4, 0.5) is 0 Å². The molecule has 3 rings (SSSR count). The molecule has 0 radical (unpaired) electrons. The maximum Gasteiger partial charge on any atom is 0.239 e. The standard InChI is InChI=1S/C23H23BrO6/c1-13(2)4-9-16-17(25)12-18(26)19-20(27)23(29-11-10-24)21(30-22(16)19)14-5-7-15(28-3)8-6-14/h4-8,12,25-26H,9-11H2,1-3H3. The van der Waals surface area contributed by atoms with Crippen LogP contribution in [0.3, 0.4) is 0 Å². The van der Waals surface area contributed by atoms with E-state index in [4.69, 9.17) is 13.9 Å². The van der Waals surface area contributed by atoms with Crippen LogP contribution < -0.4 is 14.9 Å². The summed E-state index contributed by atoms with van der Waals surface area (Å²) in [7, 11) is 1.57. The lowest BCUT2D eigenvalue weighted by atomic mass is 10.0. The molecule has 0 atom stereocenters. The number of aromatic hydroxyl groups is 2. The average Bonchev–Trinajstić information content (AvgIpc) is 2.72. The molecule has 0 aliphatic rings. The molecule has 2 N–H and O–H groups in total. The van der Waals surface area contributed by atoms with Gasteiger partial charge in [-0.15, -0.1) is 0 Å². The summed E-state index contributed by atoms with van der Waals surface area (Å²) in [4.78, 5) is 13.3. The number of allylic oxidation sites excluding steroid dienone is 2. The minimum Gasteiger partial charge on any atom is -0.507 e. The van der Waals surface area contributed by atoms with Crippen LogP contribution in [0, 0.1) is 0 Å². The van der Waals surface area contributed by atoms with Crippen LogP contribution in [0.2, 0.25) is 0 Å². The van der Waals surface area contributed by atoms with Gasteiger partial charge in [0.1, 0.15) is 28.2 Å². The van der Waals surface area contributed by atoms with E-state index < -0.39 is 5.43 Å². The van der Waals surface area contributed by atoms with Crippen molar-refractivity contribution in [2.45, 2.75) is 20.3 Å². The van der Waals surface area contributed by atoms with Gasteiger partial charge in [0.25, 0.3) is 0 Å². The number of ether oxygens (including phenoxy) is 2. The molecule has 0 saturated carbocycles. The number of phenolic OH excluding ortho intramolecular Hbond substituents is 2. The van der Waals surface area contributed by atoms with Crippen molar-refractivity contribution >= 4 is 26.9 Å². The zero-order valence-corrected chi connectivity index (χ0v) is 18.6. The fourth-order valence-electron chi connectivity index (χ4n) is 3.08. The fraction of sp³-hybridized carbons (Fsp3) is 0.261. The Bertz CT molecular complexity index is 1140. The molecule has 7 heteroatoms. The Morgan fingerprint density at radius 2 is 1.87 bits per heavy atom. The minimum absolute atomic E-state index is 0.00118. The maximum atomic E-state index is 13.3. The summed E-state index contributed by atoms with van der Waals surface area (Å²) in [6.45, 7) is 4.11. The lowest BCUT2D eigenvalue weighted by Gasteiger charge is -2.14. The largest absolute Gasteiger partial charge is 0.507 e. The van der Waals surface area contributed by atoms with Crippen LogP contribution in [0.25, 0.3) is 22.3 Å². The molecule has 6 nitrogen and oxygen atoms in total. The number of methoxy groups -OCH3 is 1. The van der Waals surface area contributed by atoms with Crippen LogP contribution >= 0.6 is 15.9 Å². The van der Waals surface area contributed by atoms with Crippen molar-refractivity contribution in [1.82, 2.24) is 0 Å². The van der Waals surface area contributed by atoms with Gasteiger partial charge < -0.3 is 24.1 Å². The zero-order chi connectivity index (χ0) is 21.8. The van der Waals surface area contributed by atoms with Gasteiger partial charge in [-0.3, -0.25) is 4.79 Å². The van der Waals surface area contributed by atoms with E-state index in [9.17, 15) is 15.0 Å². The highest BCUT2D eigenvalue weighted by atomic mass is 79.9. The van der Waals surface area contributed by atoms with Crippen molar-refractivity contribution in [3.63, 3.8) is 0 Å². The SMILES string of the molecule is COc1ccc(-c2oc3c(CC=C(C)C)c(O)cc(O)c3c(=O)c2OCCBr)cc1. The maximum absolute atomic E-state index is 13.3. The zero-order valence-electron chi connectivity index (χ0n) is 17.0. The predicted octanol–water partition coefficient (Wildman–Crippen LogP) is 5.16. The lowest BCUT2D eigenvalue weighted by Crippen LogP contribution is -2.12. The van der Waals surface area contributed by atoms with E-state index in [-0.39, 0.29) is 40.6 Å². The van der Waals surface area contributed by atoms with Gasteiger partial charge in [0, 0.05) is 22.5 Å². The molecular weight excluding hydrogens is 452 g/mol. The first kappa shape index (κ1) is 21.8. The Morgan fingerprint density at radius 3 is 2.47 bits per heavy atom. The van der Waals surface area contributed by atoms with Crippen LogP contribution in [0.5, 0.6) is 23.0 Å². The van der Waals surface area contributed by atoms with Gasteiger partial charge in [-0.2, -0.15) is 0 Å². The normalized spacial score (nSPS) is 10.8. The molecule has 1 heterocycles. The first-order chi connectivity index (χ1) is 14.4. The summed E-state index contributed by atoms with van der Waals surface area (Å²) in [5, 5.41) is 21.3. The quantitative estimate of drug-likeness (QED) is 0.363. The molecule has 0 bridgehead atoms. The van der Waals surface area contributed by atoms with Gasteiger partial charge in [-0.1, -0.05) is 27.6 Å². The van der Waals surface area contributed by atoms with E-state index in [1.54, 1.807) is 31.4 Å². The van der Waals surface area contributed by atoms with Crippen LogP contribution in [-0.4, -0.2) is 29.3 Å². The molecule has 0 unspecified atom stereocenters. The summed E-state index contributed by atoms with van der Waals surface area (Å²) >= 11 is 3.29. The smallest absolute Gasteiger partial charge is 0.239 e. The van der Waals surface area contributed by atoms with Crippen molar-refractivity contribution in [3.8, 4) is 34.3 Å². The summed E-state index contributed by atoms with van der Waals surface area (Å²) in [5.74, 6) is 0.378. The highest BCUT2D eigenvalue weighted by molar-refractivity contribution is 9.09. The molecule has 0 aliphatic carbocycles. The number of rotatable bonds is 7. The molecule has 0 saturated heterocycles. The Balaban J connectivity index is 2.35. The molecule has 2 aromatic carbocycles. The van der Waals surface area contributed by atoms with Gasteiger partial charge in [0.15, 0.2) is 5.76 Å². The van der Waals surface area contributed by atoms with E-state index in [1.165, 1.54) is 0 Å². The summed E-state index contributed by atoms with van der Waals surface area (Å²) in [6.07, 6.45) is 2.26. The second kappa shape index (κ2) is 9.26. The first-order valence-electron chi connectivity index (χ1n) is 9.38. The third-order valence-corrected chi connectivity index (χ3v) is 4.90. The highest BCUT2D eigenvalue weighted by Crippen LogP contribution is 2.39. The van der Waals surface area contributed by atoms with Crippen molar-refractivity contribution < 1.29 is 24.1 Å². The molecule has 0 fully saturated rings. The Kier molecular flexibility index (Phi) is 6.72. The van der Waals surface area contributed by atoms with E-state index in [0.29, 0.717) is 28.6 Å². The highest BCUT2D eigenvalue weighted by Gasteiger charge is 2.23. The van der Waals surface area contributed by atoms with Gasteiger partial charge in [-0.25, -0.2) is 0 Å². The summed E-state index contributed by atoms with van der Waals surface area (Å²) in [6, 6.07) is 8.16. The monoisotopic (exact) mass is 474 g/mol. The number of benzene rings is 2. The molecule has 0 spiro atoms. The van der Waals surface area contributed by atoms with E-state index >= 15 is 0 Å². The van der Waals surface area contributed by atoms with Crippen molar-refractivity contribution in [1.29, 1.82) is 0 Å². The minimum atomic E-state index is -0.501. The molecule has 1 aromatic heterocycles. The third kappa shape index (κ3) is 4.31. The molecular formula is C23H23BrO6. The number of fused-ring (bicyclic) bond motifs is 1. The van der Waals surface area contributed by atoms with Crippen molar-refractivity contribution in [3.05, 3.63) is 57.8 Å². The van der Waals surface area contributed by atoms with E-state index in [1.807, 2.05) is 19.9 Å². The Labute approximate surface area is 182 Å². The number of phenols is 2. The molecule has 30 heavy (non-hydrogen) atoms. The Morgan fingerprint density at radius 1 is 1.17 bits per heavy atom. The van der Waals surface area contributed by atoms with Gasteiger partial charge in [0.2, 0.25) is 11.2 Å². The van der Waals surface area contributed by atoms with Gasteiger partial charge in [0.05, 0.1) is 13.7 Å². The molecule has 0 aliphatic heterocycles. The topological polar surface area (TPSA) is 89.1 Å². The average molecular weight is 475 g/mol. The van der Waals surface area contributed by atoms with Crippen LogP contribution in [-0.2, 0) is 6.42 Å².